The molecule has 5 rings (SSSR count). The minimum absolute atomic E-state index is 0.0446. The van der Waals surface area contributed by atoms with Gasteiger partial charge >= 0.3 is 0 Å². The number of hydrogen-bond acceptors (Lipinski definition) is 5. The van der Waals surface area contributed by atoms with Gasteiger partial charge in [0.1, 0.15) is 0 Å². The Hall–Kier alpha value is -2.80. The number of nitrogens with zero attached hydrogens (tertiary/aromatic N) is 6. The highest BCUT2D eigenvalue weighted by molar-refractivity contribution is 5.56. The summed E-state index contributed by atoms with van der Waals surface area (Å²) in [4.78, 5) is 18.9. The summed E-state index contributed by atoms with van der Waals surface area (Å²) >= 11 is 0. The van der Waals surface area contributed by atoms with Gasteiger partial charge in [-0.05, 0) is 49.4 Å². The van der Waals surface area contributed by atoms with Gasteiger partial charge in [0.15, 0.2) is 0 Å². The number of likely N-dealkylation sites (tertiary alicyclic amines) is 1. The molecule has 0 unspecified atom stereocenters. The first-order valence-corrected chi connectivity index (χ1v) is 10.4. The summed E-state index contributed by atoms with van der Waals surface area (Å²) in [7, 11) is 2.07. The summed E-state index contributed by atoms with van der Waals surface area (Å²) in [6.45, 7) is 3.59. The average Bonchev–Trinajstić information content (AvgIpc) is 3.03. The molecule has 7 heteroatoms. The van der Waals surface area contributed by atoms with Gasteiger partial charge in [0.2, 0.25) is 0 Å². The van der Waals surface area contributed by atoms with Crippen LogP contribution in [0.15, 0.2) is 41.5 Å². The molecule has 1 saturated heterocycles. The molecule has 0 aromatic carbocycles. The summed E-state index contributed by atoms with van der Waals surface area (Å²) in [6.07, 6.45) is 8.33. The Labute approximate surface area is 170 Å². The molecule has 0 N–H and O–H groups in total. The molecule has 3 aromatic heterocycles. The Morgan fingerprint density at radius 2 is 1.97 bits per heavy atom. The lowest BCUT2D eigenvalue weighted by atomic mass is 9.94. The third kappa shape index (κ3) is 3.62. The fourth-order valence-electron chi connectivity index (χ4n) is 4.57. The molecule has 7 nitrogen and oxygen atoms in total. The normalized spacial score (nSPS) is 17.1. The first-order chi connectivity index (χ1) is 14.2. The van der Waals surface area contributed by atoms with Gasteiger partial charge in [0, 0.05) is 56.6 Å². The SMILES string of the molecule is Cn1nc2c(c1CN1CC(Cn3nc(-c4cccnc4)ccc3=O)C1)CCCC2. The second kappa shape index (κ2) is 7.55. The van der Waals surface area contributed by atoms with Crippen LogP contribution >= 0.6 is 0 Å². The lowest BCUT2D eigenvalue weighted by molar-refractivity contribution is 0.0740. The molecular weight excluding hydrogens is 364 g/mol. The fraction of sp³-hybridized carbons (Fsp3) is 0.455. The quantitative estimate of drug-likeness (QED) is 0.667. The highest BCUT2D eigenvalue weighted by Crippen LogP contribution is 2.27. The molecule has 0 radical (unpaired) electrons. The van der Waals surface area contributed by atoms with Crippen molar-refractivity contribution in [1.82, 2.24) is 29.4 Å². The van der Waals surface area contributed by atoms with Gasteiger partial charge in [-0.25, -0.2) is 4.68 Å². The van der Waals surface area contributed by atoms with Gasteiger partial charge in [-0.15, -0.1) is 0 Å². The second-order valence-corrected chi connectivity index (χ2v) is 8.24. The van der Waals surface area contributed by atoms with E-state index in [0.717, 1.165) is 43.7 Å². The predicted octanol–water partition coefficient (Wildman–Crippen LogP) is 2.05. The van der Waals surface area contributed by atoms with Crippen LogP contribution in [0.3, 0.4) is 0 Å². The maximum atomic E-state index is 12.3. The van der Waals surface area contributed by atoms with Crippen LogP contribution in [-0.4, -0.2) is 42.5 Å². The van der Waals surface area contributed by atoms with Crippen molar-refractivity contribution < 1.29 is 0 Å². The predicted molar refractivity (Wildman–Crippen MR) is 110 cm³/mol. The van der Waals surface area contributed by atoms with Crippen LogP contribution in [0.2, 0.25) is 0 Å². The molecule has 29 heavy (non-hydrogen) atoms. The van der Waals surface area contributed by atoms with Crippen molar-refractivity contribution in [3.05, 3.63) is 64.0 Å². The van der Waals surface area contributed by atoms with E-state index in [0.29, 0.717) is 12.5 Å². The van der Waals surface area contributed by atoms with Crippen LogP contribution in [0, 0.1) is 5.92 Å². The molecule has 4 heterocycles. The highest BCUT2D eigenvalue weighted by Gasteiger charge is 2.30. The number of pyridine rings is 1. The van der Waals surface area contributed by atoms with Crippen LogP contribution in [0.4, 0.5) is 0 Å². The lowest BCUT2D eigenvalue weighted by Gasteiger charge is -2.39. The molecule has 0 spiro atoms. The zero-order valence-electron chi connectivity index (χ0n) is 16.8. The minimum Gasteiger partial charge on any atom is -0.297 e. The van der Waals surface area contributed by atoms with E-state index in [9.17, 15) is 4.79 Å². The molecule has 2 aliphatic rings. The monoisotopic (exact) mass is 390 g/mol. The number of rotatable bonds is 5. The molecule has 0 atom stereocenters. The van der Waals surface area contributed by atoms with Crippen LogP contribution in [0.25, 0.3) is 11.3 Å². The minimum atomic E-state index is -0.0446. The van der Waals surface area contributed by atoms with E-state index in [-0.39, 0.29) is 5.56 Å². The van der Waals surface area contributed by atoms with E-state index in [1.54, 1.807) is 29.2 Å². The molecule has 0 bridgehead atoms. The van der Waals surface area contributed by atoms with Gasteiger partial charge < -0.3 is 0 Å². The Morgan fingerprint density at radius 1 is 1.10 bits per heavy atom. The summed E-state index contributed by atoms with van der Waals surface area (Å²) in [5, 5.41) is 9.30. The number of aryl methyl sites for hydroxylation is 2. The number of hydrogen-bond donors (Lipinski definition) is 0. The molecule has 0 saturated carbocycles. The molecule has 1 fully saturated rings. The van der Waals surface area contributed by atoms with Crippen LogP contribution in [0.1, 0.15) is 29.8 Å². The topological polar surface area (TPSA) is 68.8 Å². The van der Waals surface area contributed by atoms with Crippen LogP contribution in [-0.2, 0) is 33.0 Å². The molecule has 150 valence electrons. The Balaban J connectivity index is 1.24. The largest absolute Gasteiger partial charge is 0.297 e. The van der Waals surface area contributed by atoms with Crippen molar-refractivity contribution in [2.24, 2.45) is 13.0 Å². The van der Waals surface area contributed by atoms with Gasteiger partial charge in [0.25, 0.3) is 5.56 Å². The van der Waals surface area contributed by atoms with Gasteiger partial charge in [-0.1, -0.05) is 0 Å². The van der Waals surface area contributed by atoms with E-state index in [2.05, 4.69) is 26.7 Å². The van der Waals surface area contributed by atoms with E-state index in [1.165, 1.54) is 29.8 Å². The Morgan fingerprint density at radius 3 is 2.79 bits per heavy atom. The van der Waals surface area contributed by atoms with Crippen molar-refractivity contribution in [1.29, 1.82) is 0 Å². The standard InChI is InChI=1S/C22H26N6O/c1-26-21(18-6-2-3-7-20(18)24-26)15-27-12-16(13-27)14-28-22(29)9-8-19(25-28)17-5-4-10-23-11-17/h4-5,8-11,16H,2-3,6-7,12-15H2,1H3. The van der Waals surface area contributed by atoms with E-state index >= 15 is 0 Å². The maximum absolute atomic E-state index is 12.3. The fourth-order valence-corrected chi connectivity index (χ4v) is 4.57. The zero-order valence-corrected chi connectivity index (χ0v) is 16.8. The van der Waals surface area contributed by atoms with Crippen molar-refractivity contribution >= 4 is 0 Å². The summed E-state index contributed by atoms with van der Waals surface area (Å²) < 4.78 is 3.68. The number of fused-ring (bicyclic) bond motifs is 1. The van der Waals surface area contributed by atoms with Crippen molar-refractivity contribution in [2.45, 2.75) is 38.8 Å². The smallest absolute Gasteiger partial charge is 0.266 e. The van der Waals surface area contributed by atoms with Crippen molar-refractivity contribution in [2.75, 3.05) is 13.1 Å². The van der Waals surface area contributed by atoms with Crippen molar-refractivity contribution in [3.8, 4) is 11.3 Å². The Kier molecular flexibility index (Phi) is 4.75. The average molecular weight is 390 g/mol. The summed E-state index contributed by atoms with van der Waals surface area (Å²) in [5.41, 5.74) is 5.81. The first kappa shape index (κ1) is 18.2. The van der Waals surface area contributed by atoms with Crippen molar-refractivity contribution in [3.63, 3.8) is 0 Å². The van der Waals surface area contributed by atoms with E-state index in [1.807, 2.05) is 12.1 Å². The molecule has 3 aromatic rings. The number of aromatic nitrogens is 5. The zero-order chi connectivity index (χ0) is 19.8. The molecule has 0 amide bonds. The van der Waals surface area contributed by atoms with E-state index in [4.69, 9.17) is 5.10 Å². The third-order valence-electron chi connectivity index (χ3n) is 6.11. The first-order valence-electron chi connectivity index (χ1n) is 10.4. The maximum Gasteiger partial charge on any atom is 0.266 e. The molecular formula is C22H26N6O. The van der Waals surface area contributed by atoms with Crippen LogP contribution < -0.4 is 5.56 Å². The van der Waals surface area contributed by atoms with Gasteiger partial charge in [0.05, 0.1) is 23.6 Å². The summed E-state index contributed by atoms with van der Waals surface area (Å²) in [5.74, 6) is 0.452. The van der Waals surface area contributed by atoms with Gasteiger partial charge in [-0.2, -0.15) is 10.2 Å². The van der Waals surface area contributed by atoms with Gasteiger partial charge in [-0.3, -0.25) is 19.4 Å². The molecule has 1 aliphatic heterocycles. The Bertz CT molecular complexity index is 1060. The highest BCUT2D eigenvalue weighted by atomic mass is 16.1. The van der Waals surface area contributed by atoms with E-state index < -0.39 is 0 Å². The third-order valence-corrected chi connectivity index (χ3v) is 6.11. The second-order valence-electron chi connectivity index (χ2n) is 8.24. The van der Waals surface area contributed by atoms with Crippen LogP contribution in [0.5, 0.6) is 0 Å². The summed E-state index contributed by atoms with van der Waals surface area (Å²) in [6, 6.07) is 7.22. The lowest BCUT2D eigenvalue weighted by Crippen LogP contribution is -2.49. The molecule has 1 aliphatic carbocycles.